The van der Waals surface area contributed by atoms with Gasteiger partial charge < -0.3 is 0 Å². The maximum Gasteiger partial charge on any atom is 0.151 e. The third kappa shape index (κ3) is 4.00. The number of halogens is 1. The summed E-state index contributed by atoms with van der Waals surface area (Å²) in [6.07, 6.45) is 1.82. The Bertz CT molecular complexity index is 494. The molecule has 0 aliphatic rings. The Hall–Kier alpha value is -0.540. The van der Waals surface area contributed by atoms with E-state index >= 15 is 0 Å². The summed E-state index contributed by atoms with van der Waals surface area (Å²) in [4.78, 5) is 0. The Kier molecular flexibility index (Phi) is 4.62. The zero-order valence-electron chi connectivity index (χ0n) is 10.7. The van der Waals surface area contributed by atoms with Crippen LogP contribution in [0.5, 0.6) is 0 Å². The van der Waals surface area contributed by atoms with Gasteiger partial charge in [-0.05, 0) is 38.3 Å². The van der Waals surface area contributed by atoms with Gasteiger partial charge in [-0.2, -0.15) is 0 Å². The van der Waals surface area contributed by atoms with E-state index in [1.807, 2.05) is 26.0 Å². The van der Waals surface area contributed by atoms with E-state index in [1.165, 1.54) is 11.8 Å². The number of hydrogen-bond acceptors (Lipinski definition) is 2. The first-order chi connectivity index (χ1) is 7.71. The molecule has 2 nitrogen and oxygen atoms in total. The van der Waals surface area contributed by atoms with Gasteiger partial charge in [0.05, 0.1) is 10.6 Å². The topological polar surface area (TPSA) is 34.1 Å². The van der Waals surface area contributed by atoms with E-state index in [4.69, 9.17) is 11.6 Å². The van der Waals surface area contributed by atoms with Crippen molar-refractivity contribution < 1.29 is 8.42 Å². The number of rotatable bonds is 4. The van der Waals surface area contributed by atoms with Crippen LogP contribution in [-0.4, -0.2) is 25.3 Å². The Morgan fingerprint density at radius 2 is 1.88 bits per heavy atom. The standard InChI is InChI=1S/C13H19ClO2S/c1-9-5-6-10(2)12(7-9)8-13(14)11(3)17(4,15)16/h5-7,11,13H,8H2,1-4H3. The predicted octanol–water partition coefficient (Wildman–Crippen LogP) is 2.89. The Balaban J connectivity index is 2.88. The molecule has 0 N–H and O–H groups in total. The average molecular weight is 275 g/mol. The Morgan fingerprint density at radius 1 is 1.29 bits per heavy atom. The Morgan fingerprint density at radius 3 is 2.41 bits per heavy atom. The fourth-order valence-corrected chi connectivity index (χ4v) is 3.02. The van der Waals surface area contributed by atoms with Gasteiger partial charge >= 0.3 is 0 Å². The average Bonchev–Trinajstić information content (AvgIpc) is 2.21. The van der Waals surface area contributed by atoms with Gasteiger partial charge in [0.15, 0.2) is 9.84 Å². The molecule has 0 amide bonds. The number of sulfone groups is 1. The van der Waals surface area contributed by atoms with Crippen LogP contribution in [0, 0.1) is 13.8 Å². The molecule has 0 fully saturated rings. The van der Waals surface area contributed by atoms with E-state index in [9.17, 15) is 8.42 Å². The molecule has 0 aliphatic carbocycles. The largest absolute Gasteiger partial charge is 0.229 e. The van der Waals surface area contributed by atoms with E-state index in [2.05, 4.69) is 6.07 Å². The van der Waals surface area contributed by atoms with Crippen molar-refractivity contribution in [3.63, 3.8) is 0 Å². The maximum absolute atomic E-state index is 11.4. The molecule has 0 saturated heterocycles. The van der Waals surface area contributed by atoms with E-state index < -0.39 is 15.1 Å². The summed E-state index contributed by atoms with van der Waals surface area (Å²) in [6, 6.07) is 6.15. The minimum Gasteiger partial charge on any atom is -0.229 e. The molecule has 0 radical (unpaired) electrons. The number of hydrogen-bond donors (Lipinski definition) is 0. The summed E-state index contributed by atoms with van der Waals surface area (Å²) in [5.41, 5.74) is 3.45. The zero-order chi connectivity index (χ0) is 13.2. The molecule has 17 heavy (non-hydrogen) atoms. The molecule has 1 rings (SSSR count). The highest BCUT2D eigenvalue weighted by atomic mass is 35.5. The van der Waals surface area contributed by atoms with Crippen LogP contribution < -0.4 is 0 Å². The molecule has 0 saturated carbocycles. The second kappa shape index (κ2) is 5.40. The normalized spacial score (nSPS) is 15.6. The fraction of sp³-hybridized carbons (Fsp3) is 0.538. The lowest BCUT2D eigenvalue weighted by molar-refractivity contribution is 0.584. The highest BCUT2D eigenvalue weighted by Crippen LogP contribution is 2.20. The van der Waals surface area contributed by atoms with Gasteiger partial charge in [0.1, 0.15) is 0 Å². The van der Waals surface area contributed by atoms with Gasteiger partial charge in [0, 0.05) is 6.26 Å². The molecule has 0 spiro atoms. The maximum atomic E-state index is 11.4. The first kappa shape index (κ1) is 14.5. The van der Waals surface area contributed by atoms with Crippen LogP contribution in [0.1, 0.15) is 23.6 Å². The lowest BCUT2D eigenvalue weighted by Gasteiger charge is -2.17. The molecule has 0 aliphatic heterocycles. The quantitative estimate of drug-likeness (QED) is 0.791. The first-order valence-electron chi connectivity index (χ1n) is 5.61. The molecular weight excluding hydrogens is 256 g/mol. The third-order valence-electron chi connectivity index (χ3n) is 3.10. The number of benzene rings is 1. The van der Waals surface area contributed by atoms with Crippen LogP contribution in [0.15, 0.2) is 18.2 Å². The van der Waals surface area contributed by atoms with Crippen LogP contribution in [-0.2, 0) is 16.3 Å². The fourth-order valence-electron chi connectivity index (χ4n) is 1.66. The van der Waals surface area contributed by atoms with Crippen molar-refractivity contribution in [1.82, 2.24) is 0 Å². The monoisotopic (exact) mass is 274 g/mol. The van der Waals surface area contributed by atoms with E-state index in [-0.39, 0.29) is 5.38 Å². The summed E-state index contributed by atoms with van der Waals surface area (Å²) >= 11 is 6.20. The van der Waals surface area contributed by atoms with E-state index in [0.717, 1.165) is 11.1 Å². The van der Waals surface area contributed by atoms with Gasteiger partial charge in [-0.25, -0.2) is 8.42 Å². The summed E-state index contributed by atoms with van der Waals surface area (Å²) in [6.45, 7) is 5.70. The highest BCUT2D eigenvalue weighted by molar-refractivity contribution is 7.91. The molecule has 4 heteroatoms. The first-order valence-corrected chi connectivity index (χ1v) is 8.00. The molecular formula is C13H19ClO2S. The number of aryl methyl sites for hydroxylation is 2. The minimum absolute atomic E-state index is 0.384. The van der Waals surface area contributed by atoms with Crippen molar-refractivity contribution in [3.05, 3.63) is 34.9 Å². The van der Waals surface area contributed by atoms with Crippen LogP contribution >= 0.6 is 11.6 Å². The Labute approximate surface area is 109 Å². The van der Waals surface area contributed by atoms with Gasteiger partial charge in [0.2, 0.25) is 0 Å². The van der Waals surface area contributed by atoms with Crippen molar-refractivity contribution in [1.29, 1.82) is 0 Å². The van der Waals surface area contributed by atoms with E-state index in [0.29, 0.717) is 6.42 Å². The highest BCUT2D eigenvalue weighted by Gasteiger charge is 2.24. The van der Waals surface area contributed by atoms with Crippen molar-refractivity contribution >= 4 is 21.4 Å². The lowest BCUT2D eigenvalue weighted by Crippen LogP contribution is -2.28. The molecule has 1 aromatic carbocycles. The second-order valence-electron chi connectivity index (χ2n) is 4.68. The van der Waals surface area contributed by atoms with Crippen LogP contribution in [0.4, 0.5) is 0 Å². The van der Waals surface area contributed by atoms with Gasteiger partial charge in [-0.3, -0.25) is 0 Å². The van der Waals surface area contributed by atoms with Gasteiger partial charge in [-0.1, -0.05) is 23.8 Å². The zero-order valence-corrected chi connectivity index (χ0v) is 12.3. The van der Waals surface area contributed by atoms with Crippen molar-refractivity contribution in [2.24, 2.45) is 0 Å². The minimum atomic E-state index is -3.08. The molecule has 1 aromatic rings. The smallest absolute Gasteiger partial charge is 0.151 e. The molecule has 2 atom stereocenters. The molecule has 96 valence electrons. The van der Waals surface area contributed by atoms with Crippen LogP contribution in [0.3, 0.4) is 0 Å². The second-order valence-corrected chi connectivity index (χ2v) is 7.65. The van der Waals surface area contributed by atoms with Crippen LogP contribution in [0.25, 0.3) is 0 Å². The lowest BCUT2D eigenvalue weighted by atomic mass is 10.0. The summed E-state index contributed by atoms with van der Waals surface area (Å²) in [5, 5.41) is -0.908. The van der Waals surface area contributed by atoms with Crippen LogP contribution in [0.2, 0.25) is 0 Å². The number of alkyl halides is 1. The van der Waals surface area contributed by atoms with Crippen molar-refractivity contribution in [3.8, 4) is 0 Å². The van der Waals surface area contributed by atoms with E-state index in [1.54, 1.807) is 6.92 Å². The molecule has 0 bridgehead atoms. The molecule has 2 unspecified atom stereocenters. The third-order valence-corrected chi connectivity index (χ3v) is 5.47. The SMILES string of the molecule is Cc1ccc(C)c(CC(Cl)C(C)S(C)(=O)=O)c1. The van der Waals surface area contributed by atoms with Crippen molar-refractivity contribution in [2.75, 3.05) is 6.26 Å². The summed E-state index contributed by atoms with van der Waals surface area (Å²) < 4.78 is 22.9. The summed E-state index contributed by atoms with van der Waals surface area (Å²) in [5.74, 6) is 0. The van der Waals surface area contributed by atoms with Gasteiger partial charge in [0.25, 0.3) is 0 Å². The molecule has 0 aromatic heterocycles. The van der Waals surface area contributed by atoms with Gasteiger partial charge in [-0.15, -0.1) is 11.6 Å². The summed E-state index contributed by atoms with van der Waals surface area (Å²) in [7, 11) is -3.08. The molecule has 0 heterocycles. The van der Waals surface area contributed by atoms with Crippen molar-refractivity contribution in [2.45, 2.75) is 37.8 Å². The predicted molar refractivity (Wildman–Crippen MR) is 73.6 cm³/mol.